The second-order valence-electron chi connectivity index (χ2n) is 2.97. The van der Waals surface area contributed by atoms with E-state index < -0.39 is 5.97 Å². The molecule has 2 N–H and O–H groups in total. The fraction of sp³-hybridized carbons (Fsp3) is 0.750. The number of esters is 1. The minimum atomic E-state index is -0.504. The zero-order chi connectivity index (χ0) is 9.68. The van der Waals surface area contributed by atoms with Crippen LogP contribution in [0.2, 0.25) is 0 Å². The lowest BCUT2D eigenvalue weighted by Gasteiger charge is -2.11. The topological polar surface area (TPSA) is 67.4 Å². The smallest absolute Gasteiger partial charge is 0.315 e. The molecule has 1 aliphatic rings. The first-order valence-corrected chi connectivity index (χ1v) is 4.32. The number of methoxy groups -OCH3 is 1. The molecule has 5 nitrogen and oxygen atoms in total. The highest BCUT2D eigenvalue weighted by atomic mass is 16.5. The Morgan fingerprint density at radius 1 is 1.62 bits per heavy atom. The Kier molecular flexibility index (Phi) is 3.70. The first-order valence-electron chi connectivity index (χ1n) is 4.32. The van der Waals surface area contributed by atoms with E-state index in [-0.39, 0.29) is 18.5 Å². The molecule has 0 aromatic rings. The molecule has 13 heavy (non-hydrogen) atoms. The van der Waals surface area contributed by atoms with Gasteiger partial charge >= 0.3 is 5.97 Å². The molecule has 0 bridgehead atoms. The van der Waals surface area contributed by atoms with Crippen molar-refractivity contribution in [3.05, 3.63) is 0 Å². The van der Waals surface area contributed by atoms with Crippen LogP contribution in [0.15, 0.2) is 0 Å². The van der Waals surface area contributed by atoms with Crippen molar-refractivity contribution in [2.24, 2.45) is 0 Å². The lowest BCUT2D eigenvalue weighted by atomic mass is 10.3. The number of carbonyl (C=O) groups is 2. The van der Waals surface area contributed by atoms with Gasteiger partial charge in [-0.25, -0.2) is 0 Å². The molecule has 1 aliphatic heterocycles. The number of ether oxygens (including phenoxy) is 1. The number of rotatable bonds is 3. The van der Waals surface area contributed by atoms with Crippen LogP contribution in [0.4, 0.5) is 0 Å². The maximum Gasteiger partial charge on any atom is 0.315 e. The van der Waals surface area contributed by atoms with Crippen LogP contribution in [0.3, 0.4) is 0 Å². The van der Waals surface area contributed by atoms with E-state index in [2.05, 4.69) is 15.4 Å². The lowest BCUT2D eigenvalue weighted by molar-refractivity contribution is -0.143. The van der Waals surface area contributed by atoms with Gasteiger partial charge in [0, 0.05) is 0 Å². The summed E-state index contributed by atoms with van der Waals surface area (Å²) in [6.07, 6.45) is 1.81. The predicted molar refractivity (Wildman–Crippen MR) is 45.8 cm³/mol. The molecule has 0 spiro atoms. The summed E-state index contributed by atoms with van der Waals surface area (Å²) in [5.41, 5.74) is 0. The zero-order valence-electron chi connectivity index (χ0n) is 7.63. The van der Waals surface area contributed by atoms with Crippen molar-refractivity contribution >= 4 is 11.9 Å². The highest BCUT2D eigenvalue weighted by molar-refractivity contribution is 5.94. The van der Waals surface area contributed by atoms with E-state index in [1.165, 1.54) is 7.11 Å². The Morgan fingerprint density at radius 2 is 2.38 bits per heavy atom. The highest BCUT2D eigenvalue weighted by Gasteiger charge is 2.17. The molecule has 1 heterocycles. The van der Waals surface area contributed by atoms with Crippen LogP contribution in [0.5, 0.6) is 0 Å². The molecule has 0 aromatic carbocycles. The van der Waals surface area contributed by atoms with Crippen molar-refractivity contribution in [3.8, 4) is 0 Å². The van der Waals surface area contributed by atoms with Crippen LogP contribution in [0, 0.1) is 0 Å². The van der Waals surface area contributed by atoms with Crippen LogP contribution in [-0.4, -0.2) is 31.7 Å². The largest absolute Gasteiger partial charge is 0.469 e. The molecule has 1 rings (SSSR count). The first kappa shape index (κ1) is 9.98. The van der Waals surface area contributed by atoms with E-state index in [0.29, 0.717) is 0 Å². The Morgan fingerprint density at radius 3 is 2.92 bits per heavy atom. The number of hydrogen-bond acceptors (Lipinski definition) is 4. The van der Waals surface area contributed by atoms with Gasteiger partial charge in [-0.1, -0.05) is 0 Å². The Hall–Kier alpha value is -1.10. The Bertz CT molecular complexity index is 200. The van der Waals surface area contributed by atoms with Crippen molar-refractivity contribution in [1.82, 2.24) is 10.6 Å². The van der Waals surface area contributed by atoms with Crippen LogP contribution >= 0.6 is 0 Å². The van der Waals surface area contributed by atoms with Gasteiger partial charge in [-0.3, -0.25) is 14.9 Å². The van der Waals surface area contributed by atoms with Gasteiger partial charge in [-0.2, -0.15) is 0 Å². The summed E-state index contributed by atoms with van der Waals surface area (Å²) in [5, 5.41) is 5.79. The molecular weight excluding hydrogens is 172 g/mol. The van der Waals surface area contributed by atoms with Gasteiger partial charge in [0.25, 0.3) is 0 Å². The molecule has 1 unspecified atom stereocenters. The number of carbonyl (C=O) groups excluding carboxylic acids is 2. The summed E-state index contributed by atoms with van der Waals surface area (Å²) < 4.78 is 4.37. The van der Waals surface area contributed by atoms with Crippen LogP contribution < -0.4 is 10.6 Å². The average molecular weight is 186 g/mol. The summed E-state index contributed by atoms with van der Waals surface area (Å²) in [6.45, 7) is 0.920. The molecule has 1 atom stereocenters. The number of hydrogen-bond donors (Lipinski definition) is 2. The molecule has 1 fully saturated rings. The second kappa shape index (κ2) is 4.81. The molecule has 0 radical (unpaired) electrons. The fourth-order valence-electron chi connectivity index (χ4n) is 1.26. The van der Waals surface area contributed by atoms with Crippen LogP contribution in [-0.2, 0) is 14.3 Å². The zero-order valence-corrected chi connectivity index (χ0v) is 7.63. The van der Waals surface area contributed by atoms with Gasteiger partial charge in [-0.05, 0) is 19.4 Å². The quantitative estimate of drug-likeness (QED) is 0.455. The standard InChI is InChI=1S/C8H14N2O3/c1-13-8(12)5-7(11)10-6-3-2-4-9-6/h6,9H,2-5H2,1H3,(H,10,11). The van der Waals surface area contributed by atoms with Gasteiger partial charge in [0.05, 0.1) is 13.3 Å². The van der Waals surface area contributed by atoms with Gasteiger partial charge in [0.1, 0.15) is 6.42 Å². The van der Waals surface area contributed by atoms with Gasteiger partial charge < -0.3 is 10.1 Å². The monoisotopic (exact) mass is 186 g/mol. The van der Waals surface area contributed by atoms with Crippen molar-refractivity contribution < 1.29 is 14.3 Å². The molecule has 0 aliphatic carbocycles. The van der Waals surface area contributed by atoms with Gasteiger partial charge in [0.2, 0.25) is 5.91 Å². The van der Waals surface area contributed by atoms with Crippen molar-refractivity contribution in [1.29, 1.82) is 0 Å². The third-order valence-corrected chi connectivity index (χ3v) is 1.93. The molecule has 1 amide bonds. The van der Waals surface area contributed by atoms with E-state index in [1.54, 1.807) is 0 Å². The number of amides is 1. The first-order chi connectivity index (χ1) is 6.22. The number of nitrogens with one attached hydrogen (secondary N) is 2. The Balaban J connectivity index is 2.20. The Labute approximate surface area is 76.8 Å². The average Bonchev–Trinajstić information content (AvgIpc) is 2.56. The maximum atomic E-state index is 11.1. The van der Waals surface area contributed by atoms with Crippen molar-refractivity contribution in [2.75, 3.05) is 13.7 Å². The molecular formula is C8H14N2O3. The van der Waals surface area contributed by atoms with E-state index in [4.69, 9.17) is 0 Å². The maximum absolute atomic E-state index is 11.1. The third-order valence-electron chi connectivity index (χ3n) is 1.93. The fourth-order valence-corrected chi connectivity index (χ4v) is 1.26. The van der Waals surface area contributed by atoms with Crippen molar-refractivity contribution in [2.45, 2.75) is 25.4 Å². The minimum Gasteiger partial charge on any atom is -0.469 e. The van der Waals surface area contributed by atoms with E-state index in [0.717, 1.165) is 19.4 Å². The summed E-state index contributed by atoms with van der Waals surface area (Å²) >= 11 is 0. The molecule has 74 valence electrons. The van der Waals surface area contributed by atoms with Crippen molar-refractivity contribution in [3.63, 3.8) is 0 Å². The molecule has 5 heteroatoms. The highest BCUT2D eigenvalue weighted by Crippen LogP contribution is 2.01. The molecule has 1 saturated heterocycles. The van der Waals surface area contributed by atoms with Crippen LogP contribution in [0.25, 0.3) is 0 Å². The SMILES string of the molecule is COC(=O)CC(=O)NC1CCCN1. The minimum absolute atomic E-state index is 0.0251. The van der Waals surface area contributed by atoms with Gasteiger partial charge in [-0.15, -0.1) is 0 Å². The molecule has 0 saturated carbocycles. The summed E-state index contributed by atoms with van der Waals surface area (Å²) in [5.74, 6) is -0.790. The van der Waals surface area contributed by atoms with Crippen LogP contribution in [0.1, 0.15) is 19.3 Å². The summed E-state index contributed by atoms with van der Waals surface area (Å²) in [6, 6.07) is 0. The van der Waals surface area contributed by atoms with Gasteiger partial charge in [0.15, 0.2) is 0 Å². The van der Waals surface area contributed by atoms with E-state index >= 15 is 0 Å². The third kappa shape index (κ3) is 3.42. The van der Waals surface area contributed by atoms with E-state index in [1.807, 2.05) is 0 Å². The summed E-state index contributed by atoms with van der Waals surface area (Å²) in [4.78, 5) is 21.8. The molecule has 0 aromatic heterocycles. The lowest BCUT2D eigenvalue weighted by Crippen LogP contribution is -2.41. The predicted octanol–water partition coefficient (Wildman–Crippen LogP) is -0.625. The van der Waals surface area contributed by atoms with E-state index in [9.17, 15) is 9.59 Å². The normalized spacial score (nSPS) is 21.2. The summed E-state index contributed by atoms with van der Waals surface area (Å²) in [7, 11) is 1.27. The second-order valence-corrected chi connectivity index (χ2v) is 2.97.